The minimum absolute atomic E-state index is 0.347. The summed E-state index contributed by atoms with van der Waals surface area (Å²) in [5.41, 5.74) is 1.55. The number of hydrogen-bond acceptors (Lipinski definition) is 4. The summed E-state index contributed by atoms with van der Waals surface area (Å²) in [7, 11) is 3.07. The zero-order valence-corrected chi connectivity index (χ0v) is 18.1. The molecule has 0 bridgehead atoms. The molecule has 0 aliphatic carbocycles. The molecule has 0 aliphatic heterocycles. The maximum atomic E-state index is 12.9. The molecule has 7 heteroatoms. The highest BCUT2D eigenvalue weighted by molar-refractivity contribution is 9.10. The standard InChI is InChI=1S/C23H21BrN2O4/c1-29-17-9-5-7-15(13-17)22(27)25-21(19-11-3-4-12-20(19)24)26-23(28)16-8-6-10-18(14-16)30-2/h3-14,21H,1-2H3,(H,25,27)(H,26,28). The van der Waals surface area contributed by atoms with Crippen molar-refractivity contribution in [1.82, 2.24) is 10.6 Å². The van der Waals surface area contributed by atoms with Crippen molar-refractivity contribution in [3.63, 3.8) is 0 Å². The van der Waals surface area contributed by atoms with Gasteiger partial charge in [0.15, 0.2) is 0 Å². The summed E-state index contributed by atoms with van der Waals surface area (Å²) in [6, 6.07) is 21.0. The molecule has 30 heavy (non-hydrogen) atoms. The van der Waals surface area contributed by atoms with Crippen molar-refractivity contribution in [3.8, 4) is 11.5 Å². The molecule has 3 aromatic rings. The Balaban J connectivity index is 1.88. The Morgan fingerprint density at radius 1 is 0.767 bits per heavy atom. The Kier molecular flexibility index (Phi) is 7.08. The minimum Gasteiger partial charge on any atom is -0.497 e. The average Bonchev–Trinajstić information content (AvgIpc) is 2.79. The number of benzene rings is 3. The lowest BCUT2D eigenvalue weighted by Crippen LogP contribution is -2.41. The van der Waals surface area contributed by atoms with E-state index in [0.29, 0.717) is 28.2 Å². The highest BCUT2D eigenvalue weighted by Gasteiger charge is 2.21. The molecule has 0 aromatic heterocycles. The molecule has 0 saturated carbocycles. The molecule has 154 valence electrons. The Morgan fingerprint density at radius 3 is 1.73 bits per heavy atom. The normalized spacial score (nSPS) is 10.4. The van der Waals surface area contributed by atoms with Crippen LogP contribution in [0.2, 0.25) is 0 Å². The molecule has 0 fully saturated rings. The fourth-order valence-corrected chi connectivity index (χ4v) is 3.37. The fraction of sp³-hybridized carbons (Fsp3) is 0.130. The molecule has 6 nitrogen and oxygen atoms in total. The lowest BCUT2D eigenvalue weighted by Gasteiger charge is -2.22. The number of methoxy groups -OCH3 is 2. The first kappa shape index (κ1) is 21.4. The van der Waals surface area contributed by atoms with Gasteiger partial charge in [-0.25, -0.2) is 0 Å². The SMILES string of the molecule is COc1cccc(C(=O)NC(NC(=O)c2cccc(OC)c2)c2ccccc2Br)c1. The largest absolute Gasteiger partial charge is 0.497 e. The zero-order chi connectivity index (χ0) is 21.5. The molecule has 0 spiro atoms. The van der Waals surface area contributed by atoms with Crippen molar-refractivity contribution in [2.45, 2.75) is 6.17 Å². The number of amides is 2. The van der Waals surface area contributed by atoms with E-state index in [4.69, 9.17) is 9.47 Å². The first-order valence-electron chi connectivity index (χ1n) is 9.16. The summed E-state index contributed by atoms with van der Waals surface area (Å²) in [6.07, 6.45) is -0.766. The molecule has 0 saturated heterocycles. The minimum atomic E-state index is -0.766. The summed E-state index contributed by atoms with van der Waals surface area (Å²) in [4.78, 5) is 25.7. The van der Waals surface area contributed by atoms with Gasteiger partial charge in [-0.15, -0.1) is 0 Å². The number of halogens is 1. The number of carbonyl (C=O) groups is 2. The molecule has 2 amide bonds. The van der Waals surface area contributed by atoms with Crippen LogP contribution < -0.4 is 20.1 Å². The predicted molar refractivity (Wildman–Crippen MR) is 118 cm³/mol. The van der Waals surface area contributed by atoms with Crippen LogP contribution >= 0.6 is 15.9 Å². The van der Waals surface area contributed by atoms with E-state index in [1.165, 1.54) is 14.2 Å². The molecule has 3 aromatic carbocycles. The second-order valence-electron chi connectivity index (χ2n) is 6.37. The molecular weight excluding hydrogens is 448 g/mol. The van der Waals surface area contributed by atoms with E-state index < -0.39 is 6.17 Å². The van der Waals surface area contributed by atoms with E-state index in [2.05, 4.69) is 26.6 Å². The van der Waals surface area contributed by atoms with Gasteiger partial charge in [0, 0.05) is 21.2 Å². The number of nitrogens with one attached hydrogen (secondary N) is 2. The van der Waals surface area contributed by atoms with E-state index in [-0.39, 0.29) is 11.8 Å². The summed E-state index contributed by atoms with van der Waals surface area (Å²) in [5, 5.41) is 5.77. The van der Waals surface area contributed by atoms with Crippen LogP contribution in [0, 0.1) is 0 Å². The van der Waals surface area contributed by atoms with Crippen LogP contribution in [-0.4, -0.2) is 26.0 Å². The van der Waals surface area contributed by atoms with Crippen LogP contribution in [0.15, 0.2) is 77.3 Å². The summed E-state index contributed by atoms with van der Waals surface area (Å²) >= 11 is 3.49. The van der Waals surface area contributed by atoms with Gasteiger partial charge in [-0.2, -0.15) is 0 Å². The summed E-state index contributed by atoms with van der Waals surface area (Å²) < 4.78 is 11.1. The van der Waals surface area contributed by atoms with E-state index in [1.54, 1.807) is 48.5 Å². The molecule has 3 rings (SSSR count). The Hall–Kier alpha value is -3.32. The third-order valence-electron chi connectivity index (χ3n) is 4.43. The Labute approximate surface area is 183 Å². The van der Waals surface area contributed by atoms with E-state index in [0.717, 1.165) is 4.47 Å². The monoisotopic (exact) mass is 468 g/mol. The van der Waals surface area contributed by atoms with Gasteiger partial charge < -0.3 is 20.1 Å². The van der Waals surface area contributed by atoms with Gasteiger partial charge in [0.05, 0.1) is 14.2 Å². The van der Waals surface area contributed by atoms with Crippen molar-refractivity contribution in [3.05, 3.63) is 94.0 Å². The topological polar surface area (TPSA) is 76.7 Å². The Morgan fingerprint density at radius 2 is 1.27 bits per heavy atom. The molecule has 2 N–H and O–H groups in total. The van der Waals surface area contributed by atoms with E-state index in [1.807, 2.05) is 24.3 Å². The average molecular weight is 469 g/mol. The molecule has 0 unspecified atom stereocenters. The molecule has 0 aliphatic rings. The highest BCUT2D eigenvalue weighted by atomic mass is 79.9. The third-order valence-corrected chi connectivity index (χ3v) is 5.15. The summed E-state index contributed by atoms with van der Waals surface area (Å²) in [5.74, 6) is 0.446. The van der Waals surface area contributed by atoms with Crippen LogP contribution in [0.4, 0.5) is 0 Å². The lowest BCUT2D eigenvalue weighted by molar-refractivity contribution is 0.0882. The quantitative estimate of drug-likeness (QED) is 0.506. The van der Waals surface area contributed by atoms with Gasteiger partial charge >= 0.3 is 0 Å². The van der Waals surface area contributed by atoms with Gasteiger partial charge in [0.1, 0.15) is 17.7 Å². The summed E-state index contributed by atoms with van der Waals surface area (Å²) in [6.45, 7) is 0. The Bertz CT molecular complexity index is 993. The number of carbonyl (C=O) groups excluding carboxylic acids is 2. The van der Waals surface area contributed by atoms with E-state index in [9.17, 15) is 9.59 Å². The van der Waals surface area contributed by atoms with Crippen LogP contribution in [0.1, 0.15) is 32.4 Å². The van der Waals surface area contributed by atoms with Gasteiger partial charge in [-0.05, 0) is 42.5 Å². The van der Waals surface area contributed by atoms with Gasteiger partial charge in [-0.3, -0.25) is 9.59 Å². The molecule has 0 heterocycles. The van der Waals surface area contributed by atoms with Crippen LogP contribution in [0.25, 0.3) is 0 Å². The van der Waals surface area contributed by atoms with Gasteiger partial charge in [0.2, 0.25) is 0 Å². The van der Waals surface area contributed by atoms with Crippen molar-refractivity contribution >= 4 is 27.7 Å². The second kappa shape index (κ2) is 9.93. The van der Waals surface area contributed by atoms with Crippen molar-refractivity contribution in [2.24, 2.45) is 0 Å². The maximum absolute atomic E-state index is 12.9. The van der Waals surface area contributed by atoms with Crippen LogP contribution in [0.3, 0.4) is 0 Å². The highest BCUT2D eigenvalue weighted by Crippen LogP contribution is 2.23. The number of ether oxygens (including phenoxy) is 2. The van der Waals surface area contributed by atoms with Crippen LogP contribution in [-0.2, 0) is 0 Å². The number of hydrogen-bond donors (Lipinski definition) is 2. The maximum Gasteiger partial charge on any atom is 0.253 e. The van der Waals surface area contributed by atoms with Crippen molar-refractivity contribution < 1.29 is 19.1 Å². The first-order valence-corrected chi connectivity index (χ1v) is 9.95. The zero-order valence-electron chi connectivity index (χ0n) is 16.5. The number of rotatable bonds is 7. The van der Waals surface area contributed by atoms with Gasteiger partial charge in [0.25, 0.3) is 11.8 Å². The van der Waals surface area contributed by atoms with Crippen molar-refractivity contribution in [1.29, 1.82) is 0 Å². The molecule has 0 radical (unpaired) electrons. The third kappa shape index (κ3) is 5.18. The van der Waals surface area contributed by atoms with Crippen LogP contribution in [0.5, 0.6) is 11.5 Å². The molecular formula is C23H21BrN2O4. The second-order valence-corrected chi connectivity index (χ2v) is 7.22. The first-order chi connectivity index (χ1) is 14.5. The lowest BCUT2D eigenvalue weighted by atomic mass is 10.1. The van der Waals surface area contributed by atoms with Gasteiger partial charge in [-0.1, -0.05) is 46.3 Å². The fourth-order valence-electron chi connectivity index (χ4n) is 2.86. The predicted octanol–water partition coefficient (Wildman–Crippen LogP) is 4.32. The molecule has 0 atom stereocenters. The van der Waals surface area contributed by atoms with Crippen molar-refractivity contribution in [2.75, 3.05) is 14.2 Å². The van der Waals surface area contributed by atoms with E-state index >= 15 is 0 Å². The smallest absolute Gasteiger partial charge is 0.253 e.